The lowest BCUT2D eigenvalue weighted by Gasteiger charge is -2.45. The first-order valence-electron chi connectivity index (χ1n) is 10.1. The Balaban J connectivity index is 1.51. The van der Waals surface area contributed by atoms with Crippen LogP contribution in [0.4, 0.5) is 0 Å². The molecule has 166 valence electrons. The van der Waals surface area contributed by atoms with Crippen LogP contribution in [0.5, 0.6) is 0 Å². The lowest BCUT2D eigenvalue weighted by molar-refractivity contribution is -0.162. The van der Waals surface area contributed by atoms with Gasteiger partial charge in [0, 0.05) is 0 Å². The number of benzene rings is 2. The number of esters is 1. The van der Waals surface area contributed by atoms with Crippen molar-refractivity contribution in [3.8, 4) is 0 Å². The summed E-state index contributed by atoms with van der Waals surface area (Å²) in [4.78, 5) is 30.9. The molecule has 0 aromatic heterocycles. The number of carbonyl (C=O) groups excluding carboxylic acids is 2. The summed E-state index contributed by atoms with van der Waals surface area (Å²) in [6.45, 7) is 5.26. The van der Waals surface area contributed by atoms with Crippen LogP contribution in [-0.2, 0) is 25.8 Å². The zero-order chi connectivity index (χ0) is 22.9. The van der Waals surface area contributed by atoms with Crippen molar-refractivity contribution in [3.05, 3.63) is 83.9 Å². The molecule has 2 aliphatic rings. The molecule has 6 nitrogen and oxygen atoms in total. The molecule has 1 amide bonds. The minimum Gasteiger partial charge on any atom is -0.459 e. The maximum Gasteiger partial charge on any atom is 0.333 e. The molecule has 0 bridgehead atoms. The minimum atomic E-state index is -1.09. The van der Waals surface area contributed by atoms with E-state index in [9.17, 15) is 14.7 Å². The molecule has 0 saturated carbocycles. The molecule has 2 aromatic rings. The van der Waals surface area contributed by atoms with E-state index in [-0.39, 0.29) is 18.1 Å². The van der Waals surface area contributed by atoms with Crippen LogP contribution in [0.3, 0.4) is 0 Å². The number of hydrogen-bond acceptors (Lipinski definition) is 6. The SMILES string of the molecule is C=C(CO)[C@H](C(=O)OCc1ccccc1)N1C(=O)C2N=C(C(C)(Cl)c3ccccc3)SC21. The van der Waals surface area contributed by atoms with Gasteiger partial charge < -0.3 is 14.7 Å². The molecule has 0 radical (unpaired) electrons. The Hall–Kier alpha value is -2.61. The van der Waals surface area contributed by atoms with Crippen molar-refractivity contribution in [2.75, 3.05) is 6.61 Å². The molecule has 4 rings (SSSR count). The van der Waals surface area contributed by atoms with Gasteiger partial charge in [-0.15, -0.1) is 11.6 Å². The summed E-state index contributed by atoms with van der Waals surface area (Å²) < 4.78 is 5.45. The minimum absolute atomic E-state index is 0.0632. The predicted molar refractivity (Wildman–Crippen MR) is 125 cm³/mol. The zero-order valence-corrected chi connectivity index (χ0v) is 19.1. The topological polar surface area (TPSA) is 79.2 Å². The average molecular weight is 471 g/mol. The lowest BCUT2D eigenvalue weighted by Crippen LogP contribution is -2.66. The van der Waals surface area contributed by atoms with Gasteiger partial charge in [0.1, 0.15) is 16.9 Å². The van der Waals surface area contributed by atoms with Gasteiger partial charge in [-0.25, -0.2) is 4.79 Å². The third-order valence-electron chi connectivity index (χ3n) is 5.57. The molecule has 4 atom stereocenters. The highest BCUT2D eigenvalue weighted by Crippen LogP contribution is 2.47. The van der Waals surface area contributed by atoms with E-state index in [1.165, 1.54) is 16.7 Å². The number of aliphatic imine (C=N–C) groups is 1. The third-order valence-corrected chi connectivity index (χ3v) is 7.55. The summed E-state index contributed by atoms with van der Waals surface area (Å²) in [5.41, 5.74) is 1.89. The van der Waals surface area contributed by atoms with Crippen molar-refractivity contribution < 1.29 is 19.4 Å². The van der Waals surface area contributed by atoms with Gasteiger partial charge in [0.25, 0.3) is 5.91 Å². The van der Waals surface area contributed by atoms with Crippen LogP contribution in [-0.4, -0.2) is 51.0 Å². The summed E-state index contributed by atoms with van der Waals surface area (Å²) in [6, 6.07) is 17.1. The van der Waals surface area contributed by atoms with E-state index in [4.69, 9.17) is 16.3 Å². The number of amides is 1. The van der Waals surface area contributed by atoms with Crippen LogP contribution in [0, 0.1) is 0 Å². The Labute approximate surface area is 195 Å². The fourth-order valence-electron chi connectivity index (χ4n) is 3.73. The van der Waals surface area contributed by atoms with Gasteiger partial charge in [-0.3, -0.25) is 9.79 Å². The summed E-state index contributed by atoms with van der Waals surface area (Å²) in [7, 11) is 0. The Morgan fingerprint density at radius 3 is 2.50 bits per heavy atom. The molecular weight excluding hydrogens is 448 g/mol. The monoisotopic (exact) mass is 470 g/mol. The first kappa shape index (κ1) is 22.6. The number of aliphatic hydroxyl groups is 1. The molecule has 0 spiro atoms. The molecule has 1 N–H and O–H groups in total. The zero-order valence-electron chi connectivity index (χ0n) is 17.5. The van der Waals surface area contributed by atoms with E-state index in [2.05, 4.69) is 11.6 Å². The van der Waals surface area contributed by atoms with Crippen molar-refractivity contribution in [3.63, 3.8) is 0 Å². The number of thioether (sulfide) groups is 1. The van der Waals surface area contributed by atoms with Gasteiger partial charge in [0.2, 0.25) is 0 Å². The maximum atomic E-state index is 12.9. The molecule has 2 aromatic carbocycles. The molecule has 1 saturated heterocycles. The van der Waals surface area contributed by atoms with Crippen LogP contribution in [0.25, 0.3) is 0 Å². The molecule has 2 heterocycles. The molecule has 3 unspecified atom stereocenters. The lowest BCUT2D eigenvalue weighted by atomic mass is 9.98. The largest absolute Gasteiger partial charge is 0.459 e. The van der Waals surface area contributed by atoms with Crippen molar-refractivity contribution in [1.29, 1.82) is 0 Å². The smallest absolute Gasteiger partial charge is 0.333 e. The van der Waals surface area contributed by atoms with E-state index in [0.29, 0.717) is 5.04 Å². The van der Waals surface area contributed by atoms with Crippen LogP contribution >= 0.6 is 23.4 Å². The summed E-state index contributed by atoms with van der Waals surface area (Å²) >= 11 is 8.20. The van der Waals surface area contributed by atoms with Gasteiger partial charge in [0.05, 0.1) is 11.7 Å². The fourth-order valence-corrected chi connectivity index (χ4v) is 5.43. The van der Waals surface area contributed by atoms with Crippen molar-refractivity contribution in [2.45, 2.75) is 35.9 Å². The second-order valence-electron chi connectivity index (χ2n) is 7.81. The summed E-state index contributed by atoms with van der Waals surface area (Å²) in [5.74, 6) is -0.945. The highest BCUT2D eigenvalue weighted by molar-refractivity contribution is 8.15. The highest BCUT2D eigenvalue weighted by Gasteiger charge is 2.58. The van der Waals surface area contributed by atoms with Crippen LogP contribution < -0.4 is 0 Å². The maximum absolute atomic E-state index is 12.9. The number of halogens is 1. The normalized spacial score (nSPS) is 22.3. The number of nitrogens with zero attached hydrogens (tertiary/aromatic N) is 2. The molecule has 2 aliphatic heterocycles. The quantitative estimate of drug-likeness (QED) is 0.276. The van der Waals surface area contributed by atoms with E-state index < -0.39 is 34.9 Å². The second kappa shape index (κ2) is 9.10. The number of aliphatic hydroxyl groups excluding tert-OH is 1. The van der Waals surface area contributed by atoms with Gasteiger partial charge in [0.15, 0.2) is 12.1 Å². The van der Waals surface area contributed by atoms with E-state index in [1.54, 1.807) is 0 Å². The fraction of sp³-hybridized carbons (Fsp3) is 0.292. The van der Waals surface area contributed by atoms with E-state index in [1.807, 2.05) is 67.6 Å². The molecule has 1 fully saturated rings. The van der Waals surface area contributed by atoms with Gasteiger partial charge in [-0.2, -0.15) is 0 Å². The second-order valence-corrected chi connectivity index (χ2v) is 9.68. The van der Waals surface area contributed by atoms with Gasteiger partial charge in [-0.05, 0) is 23.6 Å². The number of ether oxygens (including phenoxy) is 1. The number of fused-ring (bicyclic) bond motifs is 1. The van der Waals surface area contributed by atoms with Crippen molar-refractivity contribution in [1.82, 2.24) is 4.90 Å². The number of β-lactam (4-membered cyclic amide) rings is 1. The number of carbonyl (C=O) groups is 2. The average Bonchev–Trinajstić information content (AvgIpc) is 3.22. The van der Waals surface area contributed by atoms with Crippen LogP contribution in [0.1, 0.15) is 18.1 Å². The third kappa shape index (κ3) is 4.08. The Kier molecular flexibility index (Phi) is 6.42. The standard InChI is InChI=1S/C24H23ClN2O4S/c1-15(13-28)19(22(30)31-14-16-9-5-3-6-10-16)27-20(29)18-21(27)32-23(26-18)24(2,25)17-11-7-4-8-12-17/h3-12,18-19,21,28H,1,13-14H2,2H3/t18?,19-,21?,24?/m1/s1. The van der Waals surface area contributed by atoms with E-state index in [0.717, 1.165) is 11.1 Å². The van der Waals surface area contributed by atoms with Crippen molar-refractivity contribution in [2.24, 2.45) is 4.99 Å². The Morgan fingerprint density at radius 2 is 1.88 bits per heavy atom. The molecule has 8 heteroatoms. The first-order valence-corrected chi connectivity index (χ1v) is 11.4. The van der Waals surface area contributed by atoms with Crippen molar-refractivity contribution >= 4 is 40.3 Å². The summed E-state index contributed by atoms with van der Waals surface area (Å²) in [6.07, 6.45) is 0. The Bertz CT molecular complexity index is 1060. The number of rotatable bonds is 8. The Morgan fingerprint density at radius 1 is 1.25 bits per heavy atom. The van der Waals surface area contributed by atoms with Gasteiger partial charge >= 0.3 is 5.97 Å². The summed E-state index contributed by atoms with van der Waals surface area (Å²) in [5, 5.41) is 9.87. The van der Waals surface area contributed by atoms with Crippen LogP contribution in [0.15, 0.2) is 77.8 Å². The van der Waals surface area contributed by atoms with E-state index >= 15 is 0 Å². The molecule has 32 heavy (non-hydrogen) atoms. The number of likely N-dealkylation sites (tertiary alicyclic amines) is 1. The molecule has 0 aliphatic carbocycles. The first-order chi connectivity index (χ1) is 15.3. The number of alkyl halides is 1. The highest BCUT2D eigenvalue weighted by atomic mass is 35.5. The predicted octanol–water partition coefficient (Wildman–Crippen LogP) is 3.48. The van der Waals surface area contributed by atoms with Gasteiger partial charge in [-0.1, -0.05) is 79.0 Å². The van der Waals surface area contributed by atoms with Crippen LogP contribution in [0.2, 0.25) is 0 Å². The molecular formula is C24H23ClN2O4S. The number of hydrogen-bond donors (Lipinski definition) is 1.